The van der Waals surface area contributed by atoms with Gasteiger partial charge in [-0.15, -0.1) is 0 Å². The van der Waals surface area contributed by atoms with Crippen LogP contribution in [-0.2, 0) is 0 Å². The van der Waals surface area contributed by atoms with E-state index in [0.717, 1.165) is 29.0 Å². The topological polar surface area (TPSA) is 18.5 Å². The molecule has 3 rings (SSSR count). The quantitative estimate of drug-likeness (QED) is 0.682. The number of fused-ring (bicyclic) bond motifs is 1. The second-order valence-electron chi connectivity index (χ2n) is 4.79. The van der Waals surface area contributed by atoms with Crippen molar-refractivity contribution in [2.24, 2.45) is 0 Å². The van der Waals surface area contributed by atoms with Gasteiger partial charge in [0, 0.05) is 6.42 Å². The average molecular weight is 372 g/mol. The van der Waals surface area contributed by atoms with E-state index in [4.69, 9.17) is 21.1 Å². The van der Waals surface area contributed by atoms with Crippen molar-refractivity contribution < 1.29 is 13.9 Å². The van der Waals surface area contributed by atoms with Gasteiger partial charge in [0.2, 0.25) is 0 Å². The molecule has 0 saturated heterocycles. The Bertz CT molecular complexity index is 663. The Morgan fingerprint density at radius 2 is 1.67 bits per heavy atom. The Balaban J connectivity index is 1.92. The fourth-order valence-electron chi connectivity index (χ4n) is 2.20. The first-order valence-electron chi connectivity index (χ1n) is 6.64. The van der Waals surface area contributed by atoms with E-state index in [1.54, 1.807) is 12.1 Å². The van der Waals surface area contributed by atoms with Crippen LogP contribution in [-0.4, -0.2) is 13.2 Å². The summed E-state index contributed by atoms with van der Waals surface area (Å²) in [5.74, 6) is 1.05. The molecule has 0 bridgehead atoms. The SMILES string of the molecule is Fc1cc(C(Br)c2ccc3c(c2)OCCCO3)ccc1Cl. The van der Waals surface area contributed by atoms with Crippen LogP contribution in [0.1, 0.15) is 22.4 Å². The molecule has 1 unspecified atom stereocenters. The second kappa shape index (κ2) is 6.24. The van der Waals surface area contributed by atoms with Gasteiger partial charge in [0.05, 0.1) is 23.1 Å². The summed E-state index contributed by atoms with van der Waals surface area (Å²) in [6.07, 6.45) is 0.865. The van der Waals surface area contributed by atoms with E-state index in [-0.39, 0.29) is 9.85 Å². The fraction of sp³-hybridized carbons (Fsp3) is 0.250. The number of hydrogen-bond acceptors (Lipinski definition) is 2. The number of hydrogen-bond donors (Lipinski definition) is 0. The van der Waals surface area contributed by atoms with Crippen molar-refractivity contribution in [3.8, 4) is 11.5 Å². The van der Waals surface area contributed by atoms with Crippen molar-refractivity contribution in [1.82, 2.24) is 0 Å². The Labute approximate surface area is 136 Å². The highest BCUT2D eigenvalue weighted by Gasteiger charge is 2.16. The molecule has 0 aliphatic carbocycles. The molecule has 0 fully saturated rings. The summed E-state index contributed by atoms with van der Waals surface area (Å²) in [5.41, 5.74) is 1.77. The van der Waals surface area contributed by atoms with E-state index in [1.165, 1.54) is 6.07 Å². The molecule has 1 atom stereocenters. The van der Waals surface area contributed by atoms with Gasteiger partial charge in [-0.05, 0) is 35.4 Å². The molecule has 0 amide bonds. The van der Waals surface area contributed by atoms with Crippen LogP contribution in [0.4, 0.5) is 4.39 Å². The number of ether oxygens (including phenoxy) is 2. The third-order valence-electron chi connectivity index (χ3n) is 3.30. The third-order valence-corrected chi connectivity index (χ3v) is 4.66. The molecule has 1 heterocycles. The summed E-state index contributed by atoms with van der Waals surface area (Å²) in [4.78, 5) is -0.138. The third kappa shape index (κ3) is 3.16. The zero-order valence-electron chi connectivity index (χ0n) is 11.1. The van der Waals surface area contributed by atoms with E-state index in [2.05, 4.69) is 15.9 Å². The molecule has 2 aromatic rings. The van der Waals surface area contributed by atoms with E-state index < -0.39 is 5.82 Å². The summed E-state index contributed by atoms with van der Waals surface area (Å²) < 4.78 is 24.9. The lowest BCUT2D eigenvalue weighted by Crippen LogP contribution is -1.97. The maximum Gasteiger partial charge on any atom is 0.161 e. The summed E-state index contributed by atoms with van der Waals surface area (Å²) in [5, 5.41) is 0.122. The molecule has 0 aromatic heterocycles. The largest absolute Gasteiger partial charge is 0.490 e. The van der Waals surface area contributed by atoms with Gasteiger partial charge in [0.15, 0.2) is 11.5 Å². The van der Waals surface area contributed by atoms with E-state index >= 15 is 0 Å². The molecule has 0 N–H and O–H groups in total. The first-order chi connectivity index (χ1) is 10.1. The van der Waals surface area contributed by atoms with Crippen molar-refractivity contribution >= 4 is 27.5 Å². The standard InChI is InChI=1S/C16H13BrClFO2/c17-16(10-2-4-12(18)13(19)8-10)11-3-5-14-15(9-11)21-7-1-6-20-14/h2-5,8-9,16H,1,6-7H2. The van der Waals surface area contributed by atoms with Crippen LogP contribution in [0, 0.1) is 5.82 Å². The van der Waals surface area contributed by atoms with Crippen LogP contribution in [0.3, 0.4) is 0 Å². The number of benzene rings is 2. The Hall–Kier alpha value is -1.26. The van der Waals surface area contributed by atoms with Crippen LogP contribution >= 0.6 is 27.5 Å². The van der Waals surface area contributed by atoms with Gasteiger partial charge in [-0.3, -0.25) is 0 Å². The van der Waals surface area contributed by atoms with Gasteiger partial charge < -0.3 is 9.47 Å². The van der Waals surface area contributed by atoms with Gasteiger partial charge in [-0.25, -0.2) is 4.39 Å². The molecule has 1 aliphatic heterocycles. The van der Waals surface area contributed by atoms with Crippen molar-refractivity contribution in [3.05, 3.63) is 58.4 Å². The summed E-state index contributed by atoms with van der Waals surface area (Å²) in [7, 11) is 0. The molecule has 2 aromatic carbocycles. The highest BCUT2D eigenvalue weighted by Crippen LogP contribution is 2.38. The van der Waals surface area contributed by atoms with E-state index in [1.807, 2.05) is 18.2 Å². The lowest BCUT2D eigenvalue weighted by molar-refractivity contribution is 0.297. The molecular weight excluding hydrogens is 359 g/mol. The summed E-state index contributed by atoms with van der Waals surface area (Å²) in [6, 6.07) is 10.5. The van der Waals surface area contributed by atoms with Crippen molar-refractivity contribution in [2.45, 2.75) is 11.2 Å². The fourth-order valence-corrected chi connectivity index (χ4v) is 2.89. The molecule has 1 aliphatic rings. The molecule has 2 nitrogen and oxygen atoms in total. The minimum Gasteiger partial charge on any atom is -0.490 e. The number of halogens is 3. The van der Waals surface area contributed by atoms with Crippen LogP contribution in [0.2, 0.25) is 5.02 Å². The normalized spacial score (nSPS) is 15.4. The lowest BCUT2D eigenvalue weighted by Gasteiger charge is -2.14. The van der Waals surface area contributed by atoms with Crippen molar-refractivity contribution in [2.75, 3.05) is 13.2 Å². The maximum absolute atomic E-state index is 13.6. The number of alkyl halides is 1. The zero-order chi connectivity index (χ0) is 14.8. The molecule has 21 heavy (non-hydrogen) atoms. The predicted molar refractivity (Wildman–Crippen MR) is 84.2 cm³/mol. The Morgan fingerprint density at radius 3 is 2.43 bits per heavy atom. The van der Waals surface area contributed by atoms with Crippen LogP contribution in [0.15, 0.2) is 36.4 Å². The van der Waals surface area contributed by atoms with Gasteiger partial charge in [-0.2, -0.15) is 0 Å². The second-order valence-corrected chi connectivity index (χ2v) is 6.12. The minimum absolute atomic E-state index is 0.122. The zero-order valence-corrected chi connectivity index (χ0v) is 13.5. The van der Waals surface area contributed by atoms with Gasteiger partial charge in [0.25, 0.3) is 0 Å². The van der Waals surface area contributed by atoms with Gasteiger partial charge >= 0.3 is 0 Å². The number of rotatable bonds is 2. The molecule has 0 spiro atoms. The monoisotopic (exact) mass is 370 g/mol. The Kier molecular flexibility index (Phi) is 4.36. The average Bonchev–Trinajstić information content (AvgIpc) is 2.73. The first-order valence-corrected chi connectivity index (χ1v) is 7.93. The first kappa shape index (κ1) is 14.7. The van der Waals surface area contributed by atoms with E-state index in [0.29, 0.717) is 13.2 Å². The highest BCUT2D eigenvalue weighted by molar-refractivity contribution is 9.09. The summed E-state index contributed by atoms with van der Waals surface area (Å²) in [6.45, 7) is 1.30. The minimum atomic E-state index is -0.423. The summed E-state index contributed by atoms with van der Waals surface area (Å²) >= 11 is 9.31. The van der Waals surface area contributed by atoms with E-state index in [9.17, 15) is 4.39 Å². The molecule has 110 valence electrons. The highest BCUT2D eigenvalue weighted by atomic mass is 79.9. The maximum atomic E-state index is 13.6. The van der Waals surface area contributed by atoms with Gasteiger partial charge in [-0.1, -0.05) is 39.7 Å². The van der Waals surface area contributed by atoms with Crippen LogP contribution in [0.25, 0.3) is 0 Å². The van der Waals surface area contributed by atoms with Gasteiger partial charge in [0.1, 0.15) is 5.82 Å². The van der Waals surface area contributed by atoms with Crippen molar-refractivity contribution in [1.29, 1.82) is 0 Å². The molecule has 5 heteroatoms. The molecule has 0 radical (unpaired) electrons. The molecule has 0 saturated carbocycles. The Morgan fingerprint density at radius 1 is 1.00 bits per heavy atom. The predicted octanol–water partition coefficient (Wildman–Crippen LogP) is 5.12. The smallest absolute Gasteiger partial charge is 0.161 e. The molecular formula is C16H13BrClFO2. The van der Waals surface area contributed by atoms with Crippen LogP contribution in [0.5, 0.6) is 11.5 Å². The van der Waals surface area contributed by atoms with Crippen LogP contribution < -0.4 is 9.47 Å². The van der Waals surface area contributed by atoms with Crippen molar-refractivity contribution in [3.63, 3.8) is 0 Å². The lowest BCUT2D eigenvalue weighted by atomic mass is 10.0.